The highest BCUT2D eigenvalue weighted by Crippen LogP contribution is 2.29. The van der Waals surface area contributed by atoms with Gasteiger partial charge in [-0.1, -0.05) is 11.3 Å². The molecule has 4 aromatic rings. The first-order valence-electron chi connectivity index (χ1n) is 11.6. The number of H-pyrrole nitrogens is 1. The minimum absolute atomic E-state index is 0.173. The van der Waals surface area contributed by atoms with Crippen LogP contribution in [0.5, 0.6) is 0 Å². The summed E-state index contributed by atoms with van der Waals surface area (Å²) in [4.78, 5) is 52.6. The van der Waals surface area contributed by atoms with Crippen LogP contribution in [0.4, 0.5) is 0 Å². The molecule has 0 saturated carbocycles. The van der Waals surface area contributed by atoms with Gasteiger partial charge < -0.3 is 9.80 Å². The van der Waals surface area contributed by atoms with E-state index in [1.807, 2.05) is 18.2 Å². The summed E-state index contributed by atoms with van der Waals surface area (Å²) in [6, 6.07) is 10.1. The van der Waals surface area contributed by atoms with Crippen molar-refractivity contribution in [3.8, 4) is 5.69 Å². The first-order chi connectivity index (χ1) is 17.9. The molecule has 4 amide bonds. The van der Waals surface area contributed by atoms with Gasteiger partial charge in [0.2, 0.25) is 11.8 Å². The maximum absolute atomic E-state index is 13.0. The SMILES string of the molecule is CN(Cc1ccc2n[nH]nc2c1)C(=O)c1cn(-c2ccc3c(c2)CN(C2CCC(=O)NC2=O)C3=O)nn1. The minimum atomic E-state index is -0.683. The van der Waals surface area contributed by atoms with Gasteiger partial charge in [-0.05, 0) is 47.9 Å². The average molecular weight is 499 g/mol. The fourth-order valence-electron chi connectivity index (χ4n) is 4.72. The van der Waals surface area contributed by atoms with Crippen molar-refractivity contribution in [2.24, 2.45) is 0 Å². The third-order valence-corrected chi connectivity index (χ3v) is 6.63. The van der Waals surface area contributed by atoms with E-state index in [1.165, 1.54) is 20.7 Å². The van der Waals surface area contributed by atoms with Crippen molar-refractivity contribution in [1.29, 1.82) is 0 Å². The molecule has 186 valence electrons. The number of fused-ring (bicyclic) bond motifs is 2. The van der Waals surface area contributed by atoms with E-state index in [-0.39, 0.29) is 36.4 Å². The molecule has 2 aliphatic rings. The monoisotopic (exact) mass is 499 g/mol. The van der Waals surface area contributed by atoms with Crippen LogP contribution in [0.25, 0.3) is 16.7 Å². The van der Waals surface area contributed by atoms with Gasteiger partial charge in [0.1, 0.15) is 17.1 Å². The summed E-state index contributed by atoms with van der Waals surface area (Å²) in [5.41, 5.74) is 4.39. The number of carbonyl (C=O) groups excluding carboxylic acids is 4. The number of aromatic nitrogens is 6. The third kappa shape index (κ3) is 3.99. The summed E-state index contributed by atoms with van der Waals surface area (Å²) in [6.07, 6.45) is 2.03. The smallest absolute Gasteiger partial charge is 0.276 e. The number of aromatic amines is 1. The van der Waals surface area contributed by atoms with Crippen LogP contribution in [0.15, 0.2) is 42.6 Å². The topological polar surface area (TPSA) is 159 Å². The second-order valence-electron chi connectivity index (χ2n) is 9.10. The maximum Gasteiger partial charge on any atom is 0.276 e. The zero-order valence-electron chi connectivity index (χ0n) is 19.7. The second-order valence-corrected chi connectivity index (χ2v) is 9.10. The van der Waals surface area contributed by atoms with Crippen molar-refractivity contribution >= 4 is 34.7 Å². The zero-order valence-corrected chi connectivity index (χ0v) is 19.7. The quantitative estimate of drug-likeness (QED) is 0.377. The molecule has 2 N–H and O–H groups in total. The first-order valence-corrected chi connectivity index (χ1v) is 11.6. The van der Waals surface area contributed by atoms with E-state index in [0.29, 0.717) is 24.2 Å². The number of benzene rings is 2. The Labute approximate surface area is 209 Å². The summed E-state index contributed by atoms with van der Waals surface area (Å²) in [5, 5.41) is 21.1. The Morgan fingerprint density at radius 2 is 1.95 bits per heavy atom. The average Bonchev–Trinajstić information content (AvgIpc) is 3.62. The number of amides is 4. The van der Waals surface area contributed by atoms with E-state index in [9.17, 15) is 19.2 Å². The van der Waals surface area contributed by atoms with Crippen LogP contribution in [0, 0.1) is 0 Å². The summed E-state index contributed by atoms with van der Waals surface area (Å²) < 4.78 is 1.47. The standard InChI is InChI=1S/C24H21N9O4/c1-31(10-13-2-5-17-18(8-13)27-29-26-17)24(37)19-12-33(30-28-19)15-3-4-16-14(9-15)11-32(23(16)36)20-6-7-21(34)25-22(20)35/h2-5,8-9,12,20H,6-7,10-11H2,1H3,(H,25,34,35)(H,26,27,29). The van der Waals surface area contributed by atoms with Crippen molar-refractivity contribution in [3.05, 3.63) is 65.0 Å². The molecule has 0 aliphatic carbocycles. The molecule has 2 aromatic carbocycles. The highest BCUT2D eigenvalue weighted by Gasteiger charge is 2.39. The van der Waals surface area contributed by atoms with Crippen LogP contribution < -0.4 is 5.32 Å². The number of hydrogen-bond acceptors (Lipinski definition) is 8. The largest absolute Gasteiger partial charge is 0.336 e. The van der Waals surface area contributed by atoms with E-state index < -0.39 is 11.9 Å². The molecule has 0 spiro atoms. The summed E-state index contributed by atoms with van der Waals surface area (Å²) in [6.45, 7) is 0.596. The second kappa shape index (κ2) is 8.62. The molecule has 37 heavy (non-hydrogen) atoms. The van der Waals surface area contributed by atoms with E-state index in [1.54, 1.807) is 25.2 Å². The van der Waals surface area contributed by atoms with Crippen LogP contribution in [0.2, 0.25) is 0 Å². The molecule has 4 heterocycles. The normalized spacial score (nSPS) is 17.3. The van der Waals surface area contributed by atoms with Gasteiger partial charge in [-0.25, -0.2) is 4.68 Å². The van der Waals surface area contributed by atoms with Gasteiger partial charge in [0, 0.05) is 32.1 Å². The fourth-order valence-corrected chi connectivity index (χ4v) is 4.72. The Morgan fingerprint density at radius 1 is 1.11 bits per heavy atom. The number of piperidine rings is 1. The lowest BCUT2D eigenvalue weighted by atomic mass is 10.0. The molecule has 1 fully saturated rings. The molecule has 6 rings (SSSR count). The minimum Gasteiger partial charge on any atom is -0.336 e. The molecule has 2 aliphatic heterocycles. The number of imide groups is 1. The van der Waals surface area contributed by atoms with E-state index >= 15 is 0 Å². The van der Waals surface area contributed by atoms with Crippen LogP contribution in [0.1, 0.15) is 44.8 Å². The Bertz CT molecular complexity index is 1590. The number of rotatable bonds is 5. The van der Waals surface area contributed by atoms with Crippen LogP contribution >= 0.6 is 0 Å². The predicted molar refractivity (Wildman–Crippen MR) is 127 cm³/mol. The number of hydrogen-bond donors (Lipinski definition) is 2. The van der Waals surface area contributed by atoms with Crippen molar-refractivity contribution < 1.29 is 19.2 Å². The van der Waals surface area contributed by atoms with Crippen LogP contribution in [0.3, 0.4) is 0 Å². The maximum atomic E-state index is 13.0. The lowest BCUT2D eigenvalue weighted by Crippen LogP contribution is -2.52. The summed E-state index contributed by atoms with van der Waals surface area (Å²) in [5.74, 6) is -1.34. The van der Waals surface area contributed by atoms with Gasteiger partial charge in [-0.15, -0.1) is 5.10 Å². The van der Waals surface area contributed by atoms with Crippen LogP contribution in [-0.4, -0.2) is 76.9 Å². The van der Waals surface area contributed by atoms with Crippen molar-refractivity contribution in [2.75, 3.05) is 7.05 Å². The first kappa shape index (κ1) is 22.5. The van der Waals surface area contributed by atoms with Gasteiger partial charge in [-0.3, -0.25) is 24.5 Å². The van der Waals surface area contributed by atoms with Crippen LogP contribution in [-0.2, 0) is 22.7 Å². The highest BCUT2D eigenvalue weighted by molar-refractivity contribution is 6.05. The third-order valence-electron chi connectivity index (χ3n) is 6.63. The lowest BCUT2D eigenvalue weighted by Gasteiger charge is -2.29. The van der Waals surface area contributed by atoms with Gasteiger partial charge in [0.25, 0.3) is 11.8 Å². The Hall–Kier alpha value is -4.94. The highest BCUT2D eigenvalue weighted by atomic mass is 16.2. The van der Waals surface area contributed by atoms with Gasteiger partial charge in [-0.2, -0.15) is 15.4 Å². The molecule has 1 atom stereocenters. The Morgan fingerprint density at radius 3 is 2.78 bits per heavy atom. The van der Waals surface area contributed by atoms with E-state index in [0.717, 1.165) is 22.2 Å². The van der Waals surface area contributed by atoms with Gasteiger partial charge >= 0.3 is 0 Å². The van der Waals surface area contributed by atoms with Gasteiger partial charge in [0.15, 0.2) is 5.69 Å². The molecule has 1 unspecified atom stereocenters. The zero-order chi connectivity index (χ0) is 25.7. The number of carbonyl (C=O) groups is 4. The molecule has 13 heteroatoms. The number of nitrogens with zero attached hydrogens (tertiary/aromatic N) is 7. The molecule has 1 saturated heterocycles. The van der Waals surface area contributed by atoms with Gasteiger partial charge in [0.05, 0.1) is 11.9 Å². The predicted octanol–water partition coefficient (Wildman–Crippen LogP) is 0.572. The Balaban J connectivity index is 1.17. The Kier molecular flexibility index (Phi) is 5.25. The van der Waals surface area contributed by atoms with Crippen molar-refractivity contribution in [1.82, 2.24) is 45.5 Å². The van der Waals surface area contributed by atoms with E-state index in [4.69, 9.17) is 0 Å². The molecular weight excluding hydrogens is 478 g/mol. The van der Waals surface area contributed by atoms with Crippen molar-refractivity contribution in [3.63, 3.8) is 0 Å². The number of nitrogens with one attached hydrogen (secondary N) is 2. The van der Waals surface area contributed by atoms with Crippen molar-refractivity contribution in [2.45, 2.75) is 32.0 Å². The molecule has 13 nitrogen and oxygen atoms in total. The summed E-state index contributed by atoms with van der Waals surface area (Å²) in [7, 11) is 1.68. The molecule has 2 aromatic heterocycles. The van der Waals surface area contributed by atoms with E-state index in [2.05, 4.69) is 31.0 Å². The molecule has 0 radical (unpaired) electrons. The summed E-state index contributed by atoms with van der Waals surface area (Å²) >= 11 is 0. The fraction of sp³-hybridized carbons (Fsp3) is 0.250. The molecular formula is C24H21N9O4. The lowest BCUT2D eigenvalue weighted by molar-refractivity contribution is -0.136. The molecule has 0 bridgehead atoms.